The molecule has 108 valence electrons. The maximum absolute atomic E-state index is 2.42. The van der Waals surface area contributed by atoms with Crippen LogP contribution in [0.1, 0.15) is 104 Å². The van der Waals surface area contributed by atoms with Crippen molar-refractivity contribution in [3.63, 3.8) is 0 Å². The van der Waals surface area contributed by atoms with Crippen molar-refractivity contribution in [3.8, 4) is 0 Å². The van der Waals surface area contributed by atoms with E-state index in [1.54, 1.807) is 5.57 Å². The van der Waals surface area contributed by atoms with Crippen LogP contribution in [-0.4, -0.2) is 0 Å². The molecule has 0 aromatic rings. The Balaban J connectivity index is 3.03. The van der Waals surface area contributed by atoms with Crippen LogP contribution < -0.4 is 0 Å². The maximum atomic E-state index is 2.42. The number of rotatable bonds is 13. The van der Waals surface area contributed by atoms with Crippen LogP contribution in [0, 0.1) is 0 Å². The molecular weight excluding hydrogens is 216 g/mol. The predicted octanol–water partition coefficient (Wildman–Crippen LogP) is 7.04. The van der Waals surface area contributed by atoms with Crippen LogP contribution in [0.5, 0.6) is 0 Å². The highest BCUT2D eigenvalue weighted by molar-refractivity contribution is 4.96. The molecule has 0 atom stereocenters. The van der Waals surface area contributed by atoms with Crippen LogP contribution in [-0.2, 0) is 0 Å². The maximum Gasteiger partial charge on any atom is -0.0348 e. The van der Waals surface area contributed by atoms with Gasteiger partial charge in [-0.1, -0.05) is 89.7 Å². The lowest BCUT2D eigenvalue weighted by Crippen LogP contribution is -1.82. The van der Waals surface area contributed by atoms with E-state index >= 15 is 0 Å². The Morgan fingerprint density at radius 1 is 0.667 bits per heavy atom. The zero-order chi connectivity index (χ0) is 13.5. The molecular formula is C18H36. The fourth-order valence-corrected chi connectivity index (χ4v) is 2.30. The van der Waals surface area contributed by atoms with E-state index in [0.717, 1.165) is 0 Å². The molecule has 0 fully saturated rings. The van der Waals surface area contributed by atoms with Crippen LogP contribution >= 0.6 is 0 Å². The third-order valence-electron chi connectivity index (χ3n) is 3.86. The average molecular weight is 252 g/mol. The lowest BCUT2D eigenvalue weighted by Gasteiger charge is -2.02. The van der Waals surface area contributed by atoms with Gasteiger partial charge in [0.15, 0.2) is 0 Å². The van der Waals surface area contributed by atoms with Crippen molar-refractivity contribution in [2.45, 2.75) is 104 Å². The van der Waals surface area contributed by atoms with Gasteiger partial charge >= 0.3 is 0 Å². The Hall–Kier alpha value is -0.260. The van der Waals surface area contributed by atoms with E-state index < -0.39 is 0 Å². The summed E-state index contributed by atoms with van der Waals surface area (Å²) in [6, 6.07) is 0. The minimum absolute atomic E-state index is 1.22. The zero-order valence-electron chi connectivity index (χ0n) is 13.3. The van der Waals surface area contributed by atoms with E-state index in [0.29, 0.717) is 0 Å². The molecule has 0 rings (SSSR count). The molecule has 0 aliphatic heterocycles. The molecule has 0 amide bonds. The summed E-state index contributed by atoms with van der Waals surface area (Å²) in [4.78, 5) is 0. The molecule has 0 spiro atoms. The second-order valence-corrected chi connectivity index (χ2v) is 5.73. The molecule has 0 saturated heterocycles. The van der Waals surface area contributed by atoms with Gasteiger partial charge in [-0.25, -0.2) is 0 Å². The summed E-state index contributed by atoms with van der Waals surface area (Å²) in [7, 11) is 0. The predicted molar refractivity (Wildman–Crippen MR) is 85.1 cm³/mol. The molecule has 0 N–H and O–H groups in total. The largest absolute Gasteiger partial charge is 0.0856 e. The highest BCUT2D eigenvalue weighted by Gasteiger charge is 1.92. The third-order valence-corrected chi connectivity index (χ3v) is 3.86. The normalized spacial score (nSPS) is 12.1. The highest BCUT2D eigenvalue weighted by Crippen LogP contribution is 2.12. The minimum atomic E-state index is 1.22. The van der Waals surface area contributed by atoms with Crippen molar-refractivity contribution in [2.75, 3.05) is 0 Å². The molecule has 0 aromatic carbocycles. The van der Waals surface area contributed by atoms with Gasteiger partial charge in [-0.05, 0) is 26.2 Å². The van der Waals surface area contributed by atoms with E-state index in [4.69, 9.17) is 0 Å². The van der Waals surface area contributed by atoms with Gasteiger partial charge in [0, 0.05) is 0 Å². The first-order valence-electron chi connectivity index (χ1n) is 8.46. The fraction of sp³-hybridized carbons (Fsp3) is 0.889. The fourth-order valence-electron chi connectivity index (χ4n) is 2.30. The van der Waals surface area contributed by atoms with Crippen molar-refractivity contribution in [1.29, 1.82) is 0 Å². The van der Waals surface area contributed by atoms with Gasteiger partial charge in [-0.15, -0.1) is 0 Å². The summed E-state index contributed by atoms with van der Waals surface area (Å²) in [5.74, 6) is 0. The first kappa shape index (κ1) is 17.7. The summed E-state index contributed by atoms with van der Waals surface area (Å²) in [6.45, 7) is 6.78. The van der Waals surface area contributed by atoms with Crippen molar-refractivity contribution >= 4 is 0 Å². The van der Waals surface area contributed by atoms with Crippen LogP contribution in [0.3, 0.4) is 0 Å². The highest BCUT2D eigenvalue weighted by atomic mass is 14.0. The zero-order valence-corrected chi connectivity index (χ0v) is 13.3. The monoisotopic (exact) mass is 252 g/mol. The summed E-state index contributed by atoms with van der Waals surface area (Å²) < 4.78 is 0. The quantitative estimate of drug-likeness (QED) is 0.243. The molecule has 0 radical (unpaired) electrons. The number of allylic oxidation sites excluding steroid dienone is 2. The molecule has 0 unspecified atom stereocenters. The van der Waals surface area contributed by atoms with Gasteiger partial charge in [0.25, 0.3) is 0 Å². The number of unbranched alkanes of at least 4 members (excludes halogenated alkanes) is 11. The molecule has 0 aromatic heterocycles. The molecule has 0 aliphatic rings. The number of hydrogen-bond acceptors (Lipinski definition) is 0. The van der Waals surface area contributed by atoms with E-state index in [1.165, 1.54) is 83.5 Å². The Bertz CT molecular complexity index is 178. The van der Waals surface area contributed by atoms with E-state index in [-0.39, 0.29) is 0 Å². The summed E-state index contributed by atoms with van der Waals surface area (Å²) in [5, 5.41) is 0. The third kappa shape index (κ3) is 13.8. The molecule has 0 aliphatic carbocycles. The molecule has 0 saturated carbocycles. The first-order valence-corrected chi connectivity index (χ1v) is 8.46. The molecule has 0 nitrogen and oxygen atoms in total. The van der Waals surface area contributed by atoms with Crippen LogP contribution in [0.4, 0.5) is 0 Å². The van der Waals surface area contributed by atoms with Crippen LogP contribution in [0.25, 0.3) is 0 Å². The van der Waals surface area contributed by atoms with Crippen molar-refractivity contribution < 1.29 is 0 Å². The summed E-state index contributed by atoms with van der Waals surface area (Å²) in [6.07, 6.45) is 20.8. The van der Waals surface area contributed by atoms with Gasteiger partial charge in [0.1, 0.15) is 0 Å². The molecule has 18 heavy (non-hydrogen) atoms. The first-order chi connectivity index (χ1) is 8.81. The Morgan fingerprint density at radius 2 is 1.11 bits per heavy atom. The lowest BCUT2D eigenvalue weighted by molar-refractivity contribution is 0.550. The number of hydrogen-bond donors (Lipinski definition) is 0. The molecule has 0 heteroatoms. The Morgan fingerprint density at radius 3 is 1.56 bits per heavy atom. The van der Waals surface area contributed by atoms with Crippen molar-refractivity contribution in [3.05, 3.63) is 11.6 Å². The van der Waals surface area contributed by atoms with E-state index in [2.05, 4.69) is 26.8 Å². The van der Waals surface area contributed by atoms with Gasteiger partial charge in [-0.3, -0.25) is 0 Å². The van der Waals surface area contributed by atoms with E-state index in [9.17, 15) is 0 Å². The second kappa shape index (κ2) is 14.8. The smallest absolute Gasteiger partial charge is 0.0348 e. The molecule has 0 bridgehead atoms. The van der Waals surface area contributed by atoms with Crippen LogP contribution in [0.15, 0.2) is 11.6 Å². The van der Waals surface area contributed by atoms with Gasteiger partial charge in [0.2, 0.25) is 0 Å². The lowest BCUT2D eigenvalue weighted by atomic mass is 10.0. The standard InChI is InChI=1S/C18H36/c1-4-6-7-8-9-10-11-12-13-14-15-16-17-18(3)5-2/h17H,4-16H2,1-3H3/b18-17+. The SMILES string of the molecule is CCCCCCCCCCCCC/C=C(\C)CC. The Kier molecular flexibility index (Phi) is 14.6. The molecule has 0 heterocycles. The second-order valence-electron chi connectivity index (χ2n) is 5.73. The van der Waals surface area contributed by atoms with Crippen molar-refractivity contribution in [2.24, 2.45) is 0 Å². The topological polar surface area (TPSA) is 0 Å². The van der Waals surface area contributed by atoms with Gasteiger partial charge in [-0.2, -0.15) is 0 Å². The summed E-state index contributed by atoms with van der Waals surface area (Å²) >= 11 is 0. The van der Waals surface area contributed by atoms with E-state index in [1.807, 2.05) is 0 Å². The Labute approximate surface area is 116 Å². The van der Waals surface area contributed by atoms with Gasteiger partial charge in [0.05, 0.1) is 0 Å². The minimum Gasteiger partial charge on any atom is -0.0856 e. The summed E-state index contributed by atoms with van der Waals surface area (Å²) in [5.41, 5.74) is 1.56. The van der Waals surface area contributed by atoms with Gasteiger partial charge < -0.3 is 0 Å². The average Bonchev–Trinajstić information content (AvgIpc) is 2.39. The van der Waals surface area contributed by atoms with Crippen LogP contribution in [0.2, 0.25) is 0 Å². The van der Waals surface area contributed by atoms with Crippen molar-refractivity contribution in [1.82, 2.24) is 0 Å².